The van der Waals surface area contributed by atoms with Crippen molar-refractivity contribution in [3.05, 3.63) is 35.9 Å². The van der Waals surface area contributed by atoms with Crippen LogP contribution in [-0.4, -0.2) is 11.7 Å². The van der Waals surface area contributed by atoms with Crippen LogP contribution in [0, 0.1) is 11.3 Å². The van der Waals surface area contributed by atoms with E-state index in [0.29, 0.717) is 6.54 Å². The van der Waals surface area contributed by atoms with Crippen molar-refractivity contribution in [1.29, 1.82) is 0 Å². The molecule has 0 amide bonds. The monoisotopic (exact) mass is 289 g/mol. The van der Waals surface area contributed by atoms with E-state index >= 15 is 0 Å². The van der Waals surface area contributed by atoms with Gasteiger partial charge in [0.1, 0.15) is 0 Å². The molecule has 118 valence electrons. The van der Waals surface area contributed by atoms with Gasteiger partial charge < -0.3 is 10.8 Å². The molecule has 0 radical (unpaired) electrons. The van der Waals surface area contributed by atoms with E-state index in [1.807, 2.05) is 18.2 Å². The van der Waals surface area contributed by atoms with Gasteiger partial charge in [0.25, 0.3) is 0 Å². The fourth-order valence-corrected chi connectivity index (χ4v) is 4.22. The van der Waals surface area contributed by atoms with Crippen LogP contribution in [0.3, 0.4) is 0 Å². The van der Waals surface area contributed by atoms with Crippen molar-refractivity contribution in [2.24, 2.45) is 17.1 Å². The van der Waals surface area contributed by atoms with Gasteiger partial charge in [0.2, 0.25) is 0 Å². The molecule has 0 heterocycles. The summed E-state index contributed by atoms with van der Waals surface area (Å²) < 4.78 is 0. The number of benzene rings is 1. The molecular formula is C19H31NO. The Balaban J connectivity index is 2.35. The van der Waals surface area contributed by atoms with Crippen LogP contribution >= 0.6 is 0 Å². The number of hydrogen-bond acceptors (Lipinski definition) is 2. The van der Waals surface area contributed by atoms with Crippen LogP contribution in [0.25, 0.3) is 0 Å². The van der Waals surface area contributed by atoms with E-state index in [-0.39, 0.29) is 5.41 Å². The second-order valence-corrected chi connectivity index (χ2v) is 6.81. The van der Waals surface area contributed by atoms with Crippen molar-refractivity contribution in [3.63, 3.8) is 0 Å². The summed E-state index contributed by atoms with van der Waals surface area (Å²) in [6.45, 7) is 5.00. The maximum Gasteiger partial charge on any atom is 0.0964 e. The van der Waals surface area contributed by atoms with Crippen LogP contribution in [0.4, 0.5) is 0 Å². The Labute approximate surface area is 129 Å². The van der Waals surface area contributed by atoms with Gasteiger partial charge in [-0.1, -0.05) is 57.0 Å². The van der Waals surface area contributed by atoms with Crippen LogP contribution in [0.2, 0.25) is 0 Å². The molecule has 1 aromatic rings. The molecule has 3 N–H and O–H groups in total. The third-order valence-corrected chi connectivity index (χ3v) is 5.77. The molecule has 0 saturated heterocycles. The minimum absolute atomic E-state index is 0.157. The van der Waals surface area contributed by atoms with Crippen LogP contribution in [0.15, 0.2) is 30.3 Å². The van der Waals surface area contributed by atoms with Crippen LogP contribution in [0.5, 0.6) is 0 Å². The van der Waals surface area contributed by atoms with Gasteiger partial charge in [0.15, 0.2) is 0 Å². The molecule has 1 aromatic carbocycles. The van der Waals surface area contributed by atoms with Crippen molar-refractivity contribution in [2.45, 2.75) is 64.4 Å². The van der Waals surface area contributed by atoms with E-state index < -0.39 is 5.60 Å². The SMILES string of the molecule is CCCC(O)(c1ccccc1)C1(CN)CCC(CC)CC1. The van der Waals surface area contributed by atoms with Gasteiger partial charge in [0, 0.05) is 12.0 Å². The Morgan fingerprint density at radius 2 is 1.81 bits per heavy atom. The molecule has 0 aliphatic heterocycles. The Bertz CT molecular complexity index is 422. The van der Waals surface area contributed by atoms with Gasteiger partial charge in [0.05, 0.1) is 5.60 Å². The van der Waals surface area contributed by atoms with Crippen molar-refractivity contribution >= 4 is 0 Å². The minimum atomic E-state index is -0.781. The normalized spacial score (nSPS) is 29.0. The summed E-state index contributed by atoms with van der Waals surface area (Å²) in [5, 5.41) is 11.6. The van der Waals surface area contributed by atoms with Gasteiger partial charge in [-0.05, 0) is 43.6 Å². The molecule has 0 aromatic heterocycles. The molecule has 2 heteroatoms. The van der Waals surface area contributed by atoms with E-state index in [1.54, 1.807) is 0 Å². The lowest BCUT2D eigenvalue weighted by atomic mass is 9.58. The maximum absolute atomic E-state index is 11.6. The predicted octanol–water partition coefficient (Wildman–Crippen LogP) is 4.22. The molecule has 1 unspecified atom stereocenters. The van der Waals surface area contributed by atoms with Crippen molar-refractivity contribution < 1.29 is 5.11 Å². The highest BCUT2D eigenvalue weighted by Gasteiger charge is 2.50. The van der Waals surface area contributed by atoms with E-state index in [2.05, 4.69) is 26.0 Å². The van der Waals surface area contributed by atoms with Crippen molar-refractivity contribution in [3.8, 4) is 0 Å². The fourth-order valence-electron chi connectivity index (χ4n) is 4.22. The topological polar surface area (TPSA) is 46.2 Å². The summed E-state index contributed by atoms with van der Waals surface area (Å²) in [5.74, 6) is 0.811. The highest BCUT2D eigenvalue weighted by Crippen LogP contribution is 2.53. The second kappa shape index (κ2) is 6.93. The van der Waals surface area contributed by atoms with E-state index in [0.717, 1.165) is 37.2 Å². The Morgan fingerprint density at radius 1 is 1.19 bits per heavy atom. The lowest BCUT2D eigenvalue weighted by molar-refractivity contribution is -0.118. The molecule has 1 aliphatic carbocycles. The zero-order valence-corrected chi connectivity index (χ0v) is 13.6. The molecule has 21 heavy (non-hydrogen) atoms. The van der Waals surface area contributed by atoms with E-state index in [4.69, 9.17) is 5.73 Å². The standard InChI is InChI=1S/C19H31NO/c1-3-12-19(21,17-8-6-5-7-9-17)18(15-20)13-10-16(4-2)11-14-18/h5-9,16,21H,3-4,10-15,20H2,1-2H3. The average molecular weight is 289 g/mol. The number of hydrogen-bond donors (Lipinski definition) is 2. The highest BCUT2D eigenvalue weighted by atomic mass is 16.3. The summed E-state index contributed by atoms with van der Waals surface area (Å²) in [6.07, 6.45) is 7.52. The zero-order chi connectivity index (χ0) is 15.3. The lowest BCUT2D eigenvalue weighted by Gasteiger charge is -2.51. The second-order valence-electron chi connectivity index (χ2n) is 6.81. The molecule has 1 fully saturated rings. The summed E-state index contributed by atoms with van der Waals surface area (Å²) in [4.78, 5) is 0. The Hall–Kier alpha value is -0.860. The first kappa shape index (κ1) is 16.5. The van der Waals surface area contributed by atoms with Crippen molar-refractivity contribution in [2.75, 3.05) is 6.54 Å². The molecule has 2 nitrogen and oxygen atoms in total. The third-order valence-electron chi connectivity index (χ3n) is 5.77. The summed E-state index contributed by atoms with van der Waals surface area (Å²) >= 11 is 0. The van der Waals surface area contributed by atoms with Gasteiger partial charge in [-0.3, -0.25) is 0 Å². The summed E-state index contributed by atoms with van der Waals surface area (Å²) in [6, 6.07) is 10.2. The average Bonchev–Trinajstić information content (AvgIpc) is 2.55. The quantitative estimate of drug-likeness (QED) is 0.823. The van der Waals surface area contributed by atoms with E-state index in [9.17, 15) is 5.11 Å². The molecule has 2 rings (SSSR count). The van der Waals surface area contributed by atoms with Crippen molar-refractivity contribution in [1.82, 2.24) is 0 Å². The van der Waals surface area contributed by atoms with Gasteiger partial charge in [-0.25, -0.2) is 0 Å². The zero-order valence-electron chi connectivity index (χ0n) is 13.6. The maximum atomic E-state index is 11.6. The van der Waals surface area contributed by atoms with Gasteiger partial charge >= 0.3 is 0 Å². The minimum Gasteiger partial charge on any atom is -0.385 e. The Morgan fingerprint density at radius 3 is 2.29 bits per heavy atom. The Kier molecular flexibility index (Phi) is 5.45. The number of rotatable bonds is 6. The van der Waals surface area contributed by atoms with Gasteiger partial charge in [-0.2, -0.15) is 0 Å². The largest absolute Gasteiger partial charge is 0.385 e. The molecule has 1 aliphatic rings. The lowest BCUT2D eigenvalue weighted by Crippen LogP contribution is -2.52. The molecular weight excluding hydrogens is 258 g/mol. The summed E-state index contributed by atoms with van der Waals surface area (Å²) in [7, 11) is 0. The third kappa shape index (κ3) is 3.02. The molecule has 0 spiro atoms. The molecule has 1 atom stereocenters. The molecule has 0 bridgehead atoms. The fraction of sp³-hybridized carbons (Fsp3) is 0.684. The highest BCUT2D eigenvalue weighted by molar-refractivity contribution is 5.26. The van der Waals surface area contributed by atoms with E-state index in [1.165, 1.54) is 19.3 Å². The molecule has 1 saturated carbocycles. The smallest absolute Gasteiger partial charge is 0.0964 e. The van der Waals surface area contributed by atoms with Gasteiger partial charge in [-0.15, -0.1) is 0 Å². The summed E-state index contributed by atoms with van der Waals surface area (Å²) in [5.41, 5.74) is 6.33. The predicted molar refractivity (Wildman–Crippen MR) is 89.0 cm³/mol. The number of aliphatic hydroxyl groups is 1. The first-order valence-electron chi connectivity index (χ1n) is 8.60. The first-order chi connectivity index (χ1) is 10.1. The first-order valence-corrected chi connectivity index (χ1v) is 8.60. The van der Waals surface area contributed by atoms with Crippen LogP contribution in [-0.2, 0) is 5.60 Å². The van der Waals surface area contributed by atoms with Crippen LogP contribution < -0.4 is 5.73 Å². The number of nitrogens with two attached hydrogens (primary N) is 1. The van der Waals surface area contributed by atoms with Crippen LogP contribution in [0.1, 0.15) is 64.4 Å².